The van der Waals surface area contributed by atoms with Gasteiger partial charge in [-0.25, -0.2) is 0 Å². The van der Waals surface area contributed by atoms with Crippen molar-refractivity contribution in [3.05, 3.63) is 33.3 Å². The summed E-state index contributed by atoms with van der Waals surface area (Å²) in [5, 5.41) is 9.28. The van der Waals surface area contributed by atoms with E-state index in [0.717, 1.165) is 34.0 Å². The van der Waals surface area contributed by atoms with Crippen molar-refractivity contribution in [3.63, 3.8) is 0 Å². The lowest BCUT2D eigenvalue weighted by Crippen LogP contribution is -2.14. The van der Waals surface area contributed by atoms with E-state index in [9.17, 15) is 9.90 Å². The second-order valence-corrected chi connectivity index (χ2v) is 5.42. The molecule has 0 saturated heterocycles. The molecule has 0 bridgehead atoms. The Bertz CT molecular complexity index is 413. The number of hydrogen-bond donors (Lipinski definition) is 1. The second-order valence-electron chi connectivity index (χ2n) is 4.62. The number of carboxylic acid groups (broad SMARTS) is 1. The second kappa shape index (κ2) is 4.21. The minimum Gasteiger partial charge on any atom is -0.481 e. The van der Waals surface area contributed by atoms with Crippen LogP contribution in [0.25, 0.3) is 0 Å². The van der Waals surface area contributed by atoms with E-state index in [1.165, 1.54) is 0 Å². The van der Waals surface area contributed by atoms with Crippen molar-refractivity contribution >= 4 is 21.9 Å². The summed E-state index contributed by atoms with van der Waals surface area (Å²) in [6.45, 7) is 4.01. The Kier molecular flexibility index (Phi) is 3.06. The predicted molar refractivity (Wildman–Crippen MR) is 66.7 cm³/mol. The van der Waals surface area contributed by atoms with Gasteiger partial charge < -0.3 is 5.11 Å². The average Bonchev–Trinajstić information content (AvgIpc) is 2.98. The summed E-state index contributed by atoms with van der Waals surface area (Å²) >= 11 is 3.50. The van der Waals surface area contributed by atoms with Gasteiger partial charge in [0.05, 0.1) is 5.92 Å². The molecular weight excluding hydrogens is 268 g/mol. The van der Waals surface area contributed by atoms with Crippen molar-refractivity contribution < 1.29 is 9.90 Å². The molecule has 16 heavy (non-hydrogen) atoms. The molecule has 0 aliphatic heterocycles. The maximum absolute atomic E-state index is 11.3. The fraction of sp³-hybridized carbons (Fsp3) is 0.462. The number of rotatable bonds is 3. The lowest BCUT2D eigenvalue weighted by atomic mass is 9.92. The van der Waals surface area contributed by atoms with Gasteiger partial charge in [0.1, 0.15) is 0 Å². The zero-order chi connectivity index (χ0) is 11.9. The quantitative estimate of drug-likeness (QED) is 0.919. The van der Waals surface area contributed by atoms with Gasteiger partial charge in [-0.15, -0.1) is 0 Å². The van der Waals surface area contributed by atoms with Crippen LogP contribution >= 0.6 is 15.9 Å². The summed E-state index contributed by atoms with van der Waals surface area (Å²) in [7, 11) is 0. The van der Waals surface area contributed by atoms with Crippen LogP contribution in [-0.4, -0.2) is 11.1 Å². The van der Waals surface area contributed by atoms with Gasteiger partial charge in [-0.3, -0.25) is 4.79 Å². The molecule has 1 aliphatic carbocycles. The van der Waals surface area contributed by atoms with Crippen LogP contribution in [0.5, 0.6) is 0 Å². The van der Waals surface area contributed by atoms with Crippen molar-refractivity contribution in [1.82, 2.24) is 0 Å². The van der Waals surface area contributed by atoms with Crippen LogP contribution in [0.2, 0.25) is 0 Å². The average molecular weight is 283 g/mol. The fourth-order valence-corrected chi connectivity index (χ4v) is 2.43. The van der Waals surface area contributed by atoms with Gasteiger partial charge in [0, 0.05) is 4.47 Å². The molecule has 1 saturated carbocycles. The molecule has 1 unspecified atom stereocenters. The monoisotopic (exact) mass is 282 g/mol. The van der Waals surface area contributed by atoms with Crippen LogP contribution in [-0.2, 0) is 4.79 Å². The Morgan fingerprint density at radius 2 is 1.88 bits per heavy atom. The first-order valence-electron chi connectivity index (χ1n) is 5.50. The van der Waals surface area contributed by atoms with E-state index in [2.05, 4.69) is 15.9 Å². The van der Waals surface area contributed by atoms with Crippen LogP contribution in [0, 0.1) is 19.8 Å². The maximum atomic E-state index is 11.3. The van der Waals surface area contributed by atoms with Crippen LogP contribution < -0.4 is 0 Å². The highest BCUT2D eigenvalue weighted by molar-refractivity contribution is 9.10. The topological polar surface area (TPSA) is 37.3 Å². The number of aryl methyl sites for hydroxylation is 2. The number of halogens is 1. The normalized spacial score (nSPS) is 17.2. The molecule has 1 N–H and O–H groups in total. The Balaban J connectivity index is 2.41. The summed E-state index contributed by atoms with van der Waals surface area (Å²) in [6.07, 6.45) is 2.09. The minimum absolute atomic E-state index is 0.314. The number of hydrogen-bond acceptors (Lipinski definition) is 1. The zero-order valence-corrected chi connectivity index (χ0v) is 11.0. The Morgan fingerprint density at radius 1 is 1.38 bits per heavy atom. The number of carboxylic acids is 1. The first-order chi connectivity index (χ1) is 7.50. The summed E-state index contributed by atoms with van der Waals surface area (Å²) in [6, 6.07) is 3.99. The Hall–Kier alpha value is -0.830. The van der Waals surface area contributed by atoms with Crippen LogP contribution in [0.4, 0.5) is 0 Å². The molecule has 1 aromatic carbocycles. The standard InChI is InChI=1S/C13H15BrO2/c1-7-5-10(6-8(2)12(7)14)11(13(15)16)9-3-4-9/h5-6,9,11H,3-4H2,1-2H3,(H,15,16). The third-order valence-electron chi connectivity index (χ3n) is 3.18. The number of carbonyl (C=O) groups is 1. The predicted octanol–water partition coefficient (Wildman–Crippen LogP) is 3.64. The molecule has 2 rings (SSSR count). The van der Waals surface area contributed by atoms with E-state index in [0.29, 0.717) is 5.92 Å². The molecule has 1 atom stereocenters. The summed E-state index contributed by atoms with van der Waals surface area (Å²) in [5.41, 5.74) is 3.18. The lowest BCUT2D eigenvalue weighted by molar-refractivity contribution is -0.139. The smallest absolute Gasteiger partial charge is 0.311 e. The summed E-state index contributed by atoms with van der Waals surface area (Å²) in [4.78, 5) is 11.3. The van der Waals surface area contributed by atoms with E-state index in [-0.39, 0.29) is 5.92 Å². The largest absolute Gasteiger partial charge is 0.481 e. The molecule has 1 fully saturated rings. The SMILES string of the molecule is Cc1cc(C(C(=O)O)C2CC2)cc(C)c1Br. The third kappa shape index (κ3) is 2.14. The Labute approximate surface area is 104 Å². The van der Waals surface area contributed by atoms with E-state index in [1.807, 2.05) is 26.0 Å². The van der Waals surface area contributed by atoms with Crippen LogP contribution in [0.15, 0.2) is 16.6 Å². The van der Waals surface area contributed by atoms with Gasteiger partial charge in [-0.1, -0.05) is 28.1 Å². The molecule has 2 nitrogen and oxygen atoms in total. The zero-order valence-electron chi connectivity index (χ0n) is 9.46. The molecule has 1 aliphatic rings. The highest BCUT2D eigenvalue weighted by atomic mass is 79.9. The van der Waals surface area contributed by atoms with Gasteiger partial charge in [0.15, 0.2) is 0 Å². The summed E-state index contributed by atoms with van der Waals surface area (Å²) < 4.78 is 1.08. The van der Waals surface area contributed by atoms with Crippen molar-refractivity contribution in [3.8, 4) is 0 Å². The molecule has 0 aromatic heterocycles. The van der Waals surface area contributed by atoms with Crippen LogP contribution in [0.1, 0.15) is 35.4 Å². The van der Waals surface area contributed by atoms with Gasteiger partial charge in [0.25, 0.3) is 0 Å². The molecular formula is C13H15BrO2. The summed E-state index contributed by atoms with van der Waals surface area (Å²) in [5.74, 6) is -0.661. The molecule has 3 heteroatoms. The van der Waals surface area contributed by atoms with E-state index in [4.69, 9.17) is 0 Å². The molecule has 0 amide bonds. The van der Waals surface area contributed by atoms with Gasteiger partial charge in [-0.2, -0.15) is 0 Å². The minimum atomic E-state index is -0.691. The van der Waals surface area contributed by atoms with E-state index in [1.54, 1.807) is 0 Å². The molecule has 0 radical (unpaired) electrons. The highest BCUT2D eigenvalue weighted by Crippen LogP contribution is 2.43. The molecule has 1 aromatic rings. The number of benzene rings is 1. The number of aliphatic carboxylic acids is 1. The molecule has 86 valence electrons. The first kappa shape index (κ1) is 11.6. The lowest BCUT2D eigenvalue weighted by Gasteiger charge is -2.14. The Morgan fingerprint density at radius 3 is 2.25 bits per heavy atom. The van der Waals surface area contributed by atoms with Crippen molar-refractivity contribution in [1.29, 1.82) is 0 Å². The highest BCUT2D eigenvalue weighted by Gasteiger charge is 2.37. The van der Waals surface area contributed by atoms with Crippen molar-refractivity contribution in [2.75, 3.05) is 0 Å². The molecule has 0 heterocycles. The van der Waals surface area contributed by atoms with Crippen molar-refractivity contribution in [2.24, 2.45) is 5.92 Å². The van der Waals surface area contributed by atoms with Crippen molar-refractivity contribution in [2.45, 2.75) is 32.6 Å². The van der Waals surface area contributed by atoms with Crippen LogP contribution in [0.3, 0.4) is 0 Å². The molecule has 0 spiro atoms. The van der Waals surface area contributed by atoms with E-state index >= 15 is 0 Å². The van der Waals surface area contributed by atoms with E-state index < -0.39 is 5.97 Å². The van der Waals surface area contributed by atoms with Gasteiger partial charge >= 0.3 is 5.97 Å². The fourth-order valence-electron chi connectivity index (χ4n) is 2.20. The maximum Gasteiger partial charge on any atom is 0.311 e. The first-order valence-corrected chi connectivity index (χ1v) is 6.29. The van der Waals surface area contributed by atoms with Gasteiger partial charge in [0.2, 0.25) is 0 Å². The third-order valence-corrected chi connectivity index (χ3v) is 4.43. The van der Waals surface area contributed by atoms with Gasteiger partial charge in [-0.05, 0) is 49.3 Å².